The van der Waals surface area contributed by atoms with Crippen LogP contribution < -0.4 is 10.6 Å². The van der Waals surface area contributed by atoms with Crippen molar-refractivity contribution in [3.05, 3.63) is 54.0 Å². The van der Waals surface area contributed by atoms with Crippen molar-refractivity contribution in [1.29, 1.82) is 0 Å². The first-order valence-electron chi connectivity index (χ1n) is 8.91. The third-order valence-electron chi connectivity index (χ3n) is 3.93. The highest BCUT2D eigenvalue weighted by Crippen LogP contribution is 2.16. The van der Waals surface area contributed by atoms with Gasteiger partial charge in [0.05, 0.1) is 5.75 Å². The Kier molecular flexibility index (Phi) is 6.49. The summed E-state index contributed by atoms with van der Waals surface area (Å²) >= 11 is 1.36. The molecule has 8 nitrogen and oxygen atoms in total. The van der Waals surface area contributed by atoms with Crippen molar-refractivity contribution >= 4 is 35.1 Å². The number of aromatic amines is 1. The Morgan fingerprint density at radius 1 is 1.21 bits per heavy atom. The Bertz CT molecular complexity index is 948. The van der Waals surface area contributed by atoms with E-state index in [1.165, 1.54) is 11.8 Å². The van der Waals surface area contributed by atoms with Crippen molar-refractivity contribution in [3.8, 4) is 0 Å². The number of amides is 2. The first-order valence-corrected chi connectivity index (χ1v) is 9.89. The predicted octanol–water partition coefficient (Wildman–Crippen LogP) is 3.08. The first-order chi connectivity index (χ1) is 13.5. The van der Waals surface area contributed by atoms with E-state index in [1.807, 2.05) is 23.9 Å². The standard InChI is InChI=1S/C19H22N6O2S/c1-3-4-15-11-16(24-23-15)22-18(27)13-5-7-14(8-6-13)21-17(26)12-28-19-20-9-10-25(19)2/h5-11H,3-4,12H2,1-2H3,(H,21,26)(H2,22,23,24,27). The van der Waals surface area contributed by atoms with Crippen molar-refractivity contribution < 1.29 is 9.59 Å². The lowest BCUT2D eigenvalue weighted by molar-refractivity contribution is -0.113. The van der Waals surface area contributed by atoms with Crippen LogP contribution in [0.5, 0.6) is 0 Å². The number of aromatic nitrogens is 4. The van der Waals surface area contributed by atoms with Gasteiger partial charge in [0, 0.05) is 42.5 Å². The second-order valence-electron chi connectivity index (χ2n) is 6.22. The van der Waals surface area contributed by atoms with Crippen LogP contribution in [0.3, 0.4) is 0 Å². The number of H-pyrrole nitrogens is 1. The number of thioether (sulfide) groups is 1. The lowest BCUT2D eigenvalue weighted by atomic mass is 10.2. The molecule has 9 heteroatoms. The van der Waals surface area contributed by atoms with Gasteiger partial charge in [0.15, 0.2) is 11.0 Å². The molecule has 3 rings (SSSR count). The third kappa shape index (κ3) is 5.23. The average Bonchev–Trinajstić information content (AvgIpc) is 3.29. The SMILES string of the molecule is CCCc1cc(NC(=O)c2ccc(NC(=O)CSc3nccn3C)cc2)n[nH]1. The van der Waals surface area contributed by atoms with Gasteiger partial charge in [0.2, 0.25) is 5.91 Å². The largest absolute Gasteiger partial charge is 0.329 e. The van der Waals surface area contributed by atoms with Gasteiger partial charge in [-0.3, -0.25) is 14.7 Å². The zero-order valence-electron chi connectivity index (χ0n) is 15.7. The van der Waals surface area contributed by atoms with Crippen LogP contribution >= 0.6 is 11.8 Å². The zero-order chi connectivity index (χ0) is 19.9. The van der Waals surface area contributed by atoms with E-state index in [9.17, 15) is 9.59 Å². The van der Waals surface area contributed by atoms with E-state index in [0.29, 0.717) is 17.1 Å². The molecule has 2 aromatic heterocycles. The van der Waals surface area contributed by atoms with Crippen LogP contribution in [0.1, 0.15) is 29.4 Å². The summed E-state index contributed by atoms with van der Waals surface area (Å²) in [5, 5.41) is 13.3. The fourth-order valence-corrected chi connectivity index (χ4v) is 3.27. The lowest BCUT2D eigenvalue weighted by Crippen LogP contribution is -2.15. The summed E-state index contributed by atoms with van der Waals surface area (Å²) in [5.74, 6) is 0.367. The van der Waals surface area contributed by atoms with E-state index >= 15 is 0 Å². The molecular weight excluding hydrogens is 376 g/mol. The Morgan fingerprint density at radius 3 is 2.68 bits per heavy atom. The van der Waals surface area contributed by atoms with Gasteiger partial charge in [-0.05, 0) is 30.7 Å². The number of rotatable bonds is 8. The van der Waals surface area contributed by atoms with Crippen LogP contribution in [0, 0.1) is 0 Å². The summed E-state index contributed by atoms with van der Waals surface area (Å²) in [6.07, 6.45) is 5.41. The maximum atomic E-state index is 12.3. The van der Waals surface area contributed by atoms with Crippen molar-refractivity contribution in [2.75, 3.05) is 16.4 Å². The number of hydrogen-bond acceptors (Lipinski definition) is 5. The summed E-state index contributed by atoms with van der Waals surface area (Å²) in [6.45, 7) is 2.08. The highest BCUT2D eigenvalue weighted by Gasteiger charge is 2.10. The van der Waals surface area contributed by atoms with Crippen LogP contribution in [0.25, 0.3) is 0 Å². The molecule has 0 unspecified atom stereocenters. The summed E-state index contributed by atoms with van der Waals surface area (Å²) < 4.78 is 1.86. The van der Waals surface area contributed by atoms with Crippen molar-refractivity contribution in [1.82, 2.24) is 19.7 Å². The molecule has 3 N–H and O–H groups in total. The normalized spacial score (nSPS) is 10.6. The summed E-state index contributed by atoms with van der Waals surface area (Å²) in [4.78, 5) is 28.6. The van der Waals surface area contributed by atoms with E-state index in [0.717, 1.165) is 23.7 Å². The van der Waals surface area contributed by atoms with Crippen LogP contribution in [0.15, 0.2) is 47.9 Å². The Morgan fingerprint density at radius 2 is 2.00 bits per heavy atom. The van der Waals surface area contributed by atoms with Crippen molar-refractivity contribution in [2.45, 2.75) is 24.9 Å². The number of carbonyl (C=O) groups is 2. The summed E-state index contributed by atoms with van der Waals surface area (Å²) in [7, 11) is 1.88. The number of carbonyl (C=O) groups excluding carboxylic acids is 2. The lowest BCUT2D eigenvalue weighted by Gasteiger charge is -2.07. The molecule has 0 bridgehead atoms. The minimum absolute atomic E-state index is 0.134. The van der Waals surface area contributed by atoms with Crippen molar-refractivity contribution in [3.63, 3.8) is 0 Å². The van der Waals surface area contributed by atoms with E-state index in [-0.39, 0.29) is 17.6 Å². The number of benzene rings is 1. The monoisotopic (exact) mass is 398 g/mol. The number of hydrogen-bond donors (Lipinski definition) is 3. The fraction of sp³-hybridized carbons (Fsp3) is 0.263. The highest BCUT2D eigenvalue weighted by molar-refractivity contribution is 7.99. The average molecular weight is 398 g/mol. The third-order valence-corrected chi connectivity index (χ3v) is 4.99. The van der Waals surface area contributed by atoms with E-state index in [1.54, 1.807) is 30.5 Å². The molecule has 0 saturated heterocycles. The molecule has 2 heterocycles. The van der Waals surface area contributed by atoms with Gasteiger partial charge in [-0.2, -0.15) is 5.10 Å². The first kappa shape index (κ1) is 19.7. The molecule has 0 spiro atoms. The van der Waals surface area contributed by atoms with Gasteiger partial charge in [-0.1, -0.05) is 25.1 Å². The highest BCUT2D eigenvalue weighted by atomic mass is 32.2. The van der Waals surface area contributed by atoms with Gasteiger partial charge in [0.25, 0.3) is 5.91 Å². The Labute approximate surface area is 167 Å². The molecule has 1 aromatic carbocycles. The molecule has 146 valence electrons. The molecule has 0 atom stereocenters. The smallest absolute Gasteiger partial charge is 0.256 e. The predicted molar refractivity (Wildman–Crippen MR) is 110 cm³/mol. The van der Waals surface area contributed by atoms with Gasteiger partial charge in [-0.15, -0.1) is 0 Å². The van der Waals surface area contributed by atoms with Crippen LogP contribution in [-0.4, -0.2) is 37.3 Å². The molecule has 0 fully saturated rings. The number of nitrogens with one attached hydrogen (secondary N) is 3. The molecule has 0 aliphatic rings. The van der Waals surface area contributed by atoms with Crippen LogP contribution in [-0.2, 0) is 18.3 Å². The number of nitrogens with zero attached hydrogens (tertiary/aromatic N) is 3. The van der Waals surface area contributed by atoms with Gasteiger partial charge in [0.1, 0.15) is 0 Å². The van der Waals surface area contributed by atoms with Crippen LogP contribution in [0.4, 0.5) is 11.5 Å². The van der Waals surface area contributed by atoms with E-state index < -0.39 is 0 Å². The molecule has 3 aromatic rings. The quantitative estimate of drug-likeness (QED) is 0.506. The fourth-order valence-electron chi connectivity index (χ4n) is 2.53. The number of imidazole rings is 1. The summed E-state index contributed by atoms with van der Waals surface area (Å²) in [6, 6.07) is 8.55. The number of aryl methyl sites for hydroxylation is 2. The van der Waals surface area contributed by atoms with Crippen molar-refractivity contribution in [2.24, 2.45) is 7.05 Å². The Hall–Kier alpha value is -3.07. The van der Waals surface area contributed by atoms with E-state index in [2.05, 4.69) is 32.7 Å². The van der Waals surface area contributed by atoms with E-state index in [4.69, 9.17) is 0 Å². The molecule has 2 amide bonds. The van der Waals surface area contributed by atoms with Gasteiger partial charge < -0.3 is 15.2 Å². The minimum Gasteiger partial charge on any atom is -0.329 e. The maximum Gasteiger partial charge on any atom is 0.256 e. The minimum atomic E-state index is -0.252. The molecule has 0 aliphatic heterocycles. The molecule has 0 aliphatic carbocycles. The molecule has 0 radical (unpaired) electrons. The second-order valence-corrected chi connectivity index (χ2v) is 7.16. The molecule has 28 heavy (non-hydrogen) atoms. The molecular formula is C19H22N6O2S. The van der Waals surface area contributed by atoms with Crippen LogP contribution in [0.2, 0.25) is 0 Å². The second kappa shape index (κ2) is 9.23. The maximum absolute atomic E-state index is 12.3. The molecule has 0 saturated carbocycles. The number of anilines is 2. The zero-order valence-corrected chi connectivity index (χ0v) is 16.5. The van der Waals surface area contributed by atoms with Gasteiger partial charge >= 0.3 is 0 Å². The Balaban J connectivity index is 1.51. The topological polar surface area (TPSA) is 105 Å². The van der Waals surface area contributed by atoms with Gasteiger partial charge in [-0.25, -0.2) is 4.98 Å². The summed E-state index contributed by atoms with van der Waals surface area (Å²) in [5.41, 5.74) is 2.10.